The van der Waals surface area contributed by atoms with Gasteiger partial charge < -0.3 is 13.9 Å². The van der Waals surface area contributed by atoms with E-state index >= 15 is 0 Å². The van der Waals surface area contributed by atoms with E-state index in [2.05, 4.69) is 0 Å². The molecule has 2 aromatic rings. The predicted molar refractivity (Wildman–Crippen MR) is 66.4 cm³/mol. The number of amides is 1. The van der Waals surface area contributed by atoms with E-state index in [4.69, 9.17) is 13.9 Å². The maximum absolute atomic E-state index is 13.9. The lowest BCUT2D eigenvalue weighted by molar-refractivity contribution is -0.164. The first-order valence-electron chi connectivity index (χ1n) is 6.23. The molecule has 2 aliphatic heterocycles. The first-order valence-corrected chi connectivity index (χ1v) is 6.23. The highest BCUT2D eigenvalue weighted by atomic mass is 19.3. The van der Waals surface area contributed by atoms with Crippen molar-refractivity contribution in [2.75, 3.05) is 11.7 Å². The van der Waals surface area contributed by atoms with E-state index in [-0.39, 0.29) is 12.6 Å². The van der Waals surface area contributed by atoms with Crippen LogP contribution in [0.3, 0.4) is 0 Å². The summed E-state index contributed by atoms with van der Waals surface area (Å²) < 4.78 is 43.1. The van der Waals surface area contributed by atoms with Crippen LogP contribution in [-0.2, 0) is 4.79 Å². The van der Waals surface area contributed by atoms with Crippen molar-refractivity contribution in [1.29, 1.82) is 0 Å². The molecule has 4 rings (SSSR count). The molecule has 1 saturated heterocycles. The molecule has 0 bridgehead atoms. The van der Waals surface area contributed by atoms with Crippen LogP contribution in [0.15, 0.2) is 41.0 Å². The van der Waals surface area contributed by atoms with Gasteiger partial charge in [-0.15, -0.1) is 0 Å². The summed E-state index contributed by atoms with van der Waals surface area (Å²) in [7, 11) is 0. The Morgan fingerprint density at radius 1 is 1.19 bits per heavy atom. The molecule has 1 aromatic carbocycles. The van der Waals surface area contributed by atoms with Crippen LogP contribution in [0.2, 0.25) is 0 Å². The van der Waals surface area contributed by atoms with Gasteiger partial charge in [0.05, 0.1) is 6.26 Å². The van der Waals surface area contributed by atoms with Gasteiger partial charge in [0, 0.05) is 11.8 Å². The summed E-state index contributed by atoms with van der Waals surface area (Å²) in [6, 6.07) is 6.11. The Kier molecular flexibility index (Phi) is 2.30. The Bertz CT molecular complexity index is 714. The van der Waals surface area contributed by atoms with E-state index < -0.39 is 17.9 Å². The molecular formula is C14H9F2NO4. The Morgan fingerprint density at radius 2 is 2.00 bits per heavy atom. The summed E-state index contributed by atoms with van der Waals surface area (Å²) >= 11 is 0. The molecule has 5 nitrogen and oxygen atoms in total. The Balaban J connectivity index is 1.75. The lowest BCUT2D eigenvalue weighted by atomic mass is 9.93. The topological polar surface area (TPSA) is 51.9 Å². The Labute approximate surface area is 117 Å². The fraction of sp³-hybridized carbons (Fsp3) is 0.214. The van der Waals surface area contributed by atoms with Crippen LogP contribution < -0.4 is 14.4 Å². The van der Waals surface area contributed by atoms with Gasteiger partial charge >= 0.3 is 11.8 Å². The number of anilines is 1. The van der Waals surface area contributed by atoms with Gasteiger partial charge in [0.2, 0.25) is 6.79 Å². The SMILES string of the molecule is O=C1N(c2ccc3c(c2)OCO3)[C@@H](c2ccco2)C1(F)F. The average Bonchev–Trinajstić information content (AvgIpc) is 3.13. The van der Waals surface area contributed by atoms with Crippen molar-refractivity contribution in [1.82, 2.24) is 0 Å². The molecule has 108 valence electrons. The fourth-order valence-electron chi connectivity index (χ4n) is 2.54. The zero-order valence-electron chi connectivity index (χ0n) is 10.6. The lowest BCUT2D eigenvalue weighted by Gasteiger charge is -2.45. The quantitative estimate of drug-likeness (QED) is 0.799. The number of furan rings is 1. The molecule has 1 aromatic heterocycles. The standard InChI is InChI=1S/C14H9F2NO4/c15-14(16)12(10-2-1-5-19-10)17(13(14)18)8-3-4-9-11(6-8)21-7-20-9/h1-6,12H,7H2/t12-/m0/s1. The lowest BCUT2D eigenvalue weighted by Crippen LogP contribution is -2.64. The largest absolute Gasteiger partial charge is 0.467 e. The molecule has 0 unspecified atom stereocenters. The molecule has 0 spiro atoms. The molecule has 3 heterocycles. The van der Waals surface area contributed by atoms with E-state index in [1.54, 1.807) is 6.07 Å². The van der Waals surface area contributed by atoms with Gasteiger partial charge in [-0.1, -0.05) is 0 Å². The van der Waals surface area contributed by atoms with E-state index in [1.807, 2.05) is 0 Å². The van der Waals surface area contributed by atoms with Gasteiger partial charge in [-0.2, -0.15) is 8.78 Å². The molecule has 2 aliphatic rings. The maximum atomic E-state index is 13.9. The molecule has 21 heavy (non-hydrogen) atoms. The van der Waals surface area contributed by atoms with Gasteiger partial charge in [-0.05, 0) is 24.3 Å². The number of β-lactam (4-membered cyclic amide) rings is 1. The van der Waals surface area contributed by atoms with Crippen molar-refractivity contribution in [3.63, 3.8) is 0 Å². The smallest absolute Gasteiger partial charge is 0.352 e. The number of carbonyl (C=O) groups is 1. The van der Waals surface area contributed by atoms with Gasteiger partial charge in [-0.25, -0.2) is 0 Å². The number of hydrogen-bond donors (Lipinski definition) is 0. The number of nitrogens with zero attached hydrogens (tertiary/aromatic N) is 1. The van der Waals surface area contributed by atoms with Crippen molar-refractivity contribution in [2.45, 2.75) is 12.0 Å². The number of carbonyl (C=O) groups excluding carboxylic acids is 1. The van der Waals surface area contributed by atoms with E-state index in [9.17, 15) is 13.6 Å². The summed E-state index contributed by atoms with van der Waals surface area (Å²) in [6.45, 7) is 0.0739. The molecule has 0 radical (unpaired) electrons. The Morgan fingerprint density at radius 3 is 2.76 bits per heavy atom. The Hall–Kier alpha value is -2.57. The summed E-state index contributed by atoms with van der Waals surface area (Å²) in [5, 5.41) is 0. The molecule has 0 saturated carbocycles. The molecule has 1 fully saturated rings. The fourth-order valence-corrected chi connectivity index (χ4v) is 2.54. The van der Waals surface area contributed by atoms with Crippen LogP contribution in [0.4, 0.5) is 14.5 Å². The number of rotatable bonds is 2. The van der Waals surface area contributed by atoms with Crippen LogP contribution in [-0.4, -0.2) is 18.6 Å². The van der Waals surface area contributed by atoms with Crippen molar-refractivity contribution in [3.05, 3.63) is 42.4 Å². The zero-order valence-corrected chi connectivity index (χ0v) is 10.6. The van der Waals surface area contributed by atoms with E-state index in [0.717, 1.165) is 4.90 Å². The minimum atomic E-state index is -3.48. The number of ether oxygens (including phenoxy) is 2. The monoisotopic (exact) mass is 293 g/mol. The van der Waals surface area contributed by atoms with E-state index in [1.165, 1.54) is 30.5 Å². The summed E-state index contributed by atoms with van der Waals surface area (Å²) in [5.74, 6) is -3.75. The van der Waals surface area contributed by atoms with Crippen molar-refractivity contribution in [2.24, 2.45) is 0 Å². The first kappa shape index (κ1) is 12.2. The maximum Gasteiger partial charge on any atom is 0.352 e. The molecule has 0 aliphatic carbocycles. The van der Waals surface area contributed by atoms with Gasteiger partial charge in [0.25, 0.3) is 0 Å². The number of halogens is 2. The molecule has 7 heteroatoms. The number of hydrogen-bond acceptors (Lipinski definition) is 4. The number of alkyl halides is 2. The average molecular weight is 293 g/mol. The summed E-state index contributed by atoms with van der Waals surface area (Å²) in [6.07, 6.45) is 1.30. The van der Waals surface area contributed by atoms with Gasteiger partial charge in [0.15, 0.2) is 17.5 Å². The normalized spacial score (nSPS) is 22.3. The molecule has 1 amide bonds. The van der Waals surface area contributed by atoms with Crippen LogP contribution >= 0.6 is 0 Å². The molecule has 1 atom stereocenters. The zero-order chi connectivity index (χ0) is 14.6. The highest BCUT2D eigenvalue weighted by Gasteiger charge is 2.66. The van der Waals surface area contributed by atoms with Gasteiger partial charge in [0.1, 0.15) is 5.76 Å². The summed E-state index contributed by atoms with van der Waals surface area (Å²) in [5.41, 5.74) is 0.316. The number of fused-ring (bicyclic) bond motifs is 1. The van der Waals surface area contributed by atoms with Crippen LogP contribution in [0, 0.1) is 0 Å². The van der Waals surface area contributed by atoms with Crippen LogP contribution in [0.5, 0.6) is 11.5 Å². The minimum Gasteiger partial charge on any atom is -0.467 e. The third kappa shape index (κ3) is 1.57. The van der Waals surface area contributed by atoms with Crippen molar-refractivity contribution >= 4 is 11.6 Å². The second-order valence-corrected chi connectivity index (χ2v) is 4.75. The van der Waals surface area contributed by atoms with Crippen LogP contribution in [0.25, 0.3) is 0 Å². The number of benzene rings is 1. The third-order valence-electron chi connectivity index (χ3n) is 3.55. The molecular weight excluding hydrogens is 284 g/mol. The highest BCUT2D eigenvalue weighted by molar-refractivity contribution is 6.07. The van der Waals surface area contributed by atoms with Crippen molar-refractivity contribution in [3.8, 4) is 11.5 Å². The van der Waals surface area contributed by atoms with Crippen LogP contribution in [0.1, 0.15) is 11.8 Å². The van der Waals surface area contributed by atoms with Gasteiger partial charge in [-0.3, -0.25) is 9.69 Å². The first-order chi connectivity index (χ1) is 10.1. The summed E-state index contributed by atoms with van der Waals surface area (Å²) in [4.78, 5) is 12.8. The second kappa shape index (κ2) is 3.97. The second-order valence-electron chi connectivity index (χ2n) is 4.75. The highest BCUT2D eigenvalue weighted by Crippen LogP contribution is 2.51. The molecule has 0 N–H and O–H groups in total. The predicted octanol–water partition coefficient (Wildman–Crippen LogP) is 2.73. The third-order valence-corrected chi connectivity index (χ3v) is 3.55. The minimum absolute atomic E-state index is 0.0391. The van der Waals surface area contributed by atoms with E-state index in [0.29, 0.717) is 17.2 Å². The van der Waals surface area contributed by atoms with Crippen molar-refractivity contribution < 1.29 is 27.5 Å².